The number of carbonyl (C=O) groups is 1. The van der Waals surface area contributed by atoms with Crippen molar-refractivity contribution in [2.24, 2.45) is 0 Å². The number of rotatable bonds is 7. The highest BCUT2D eigenvalue weighted by molar-refractivity contribution is 5.88. The van der Waals surface area contributed by atoms with Gasteiger partial charge in [-0.25, -0.2) is 9.67 Å². The van der Waals surface area contributed by atoms with Crippen LogP contribution in [0.15, 0.2) is 36.8 Å². The molecule has 1 aromatic carbocycles. The largest absolute Gasteiger partial charge is 0.475 e. The lowest BCUT2D eigenvalue weighted by atomic mass is 10.1. The van der Waals surface area contributed by atoms with Crippen molar-refractivity contribution in [3.8, 4) is 5.88 Å². The molecular weight excluding hydrogens is 354 g/mol. The standard InChI is InChI=1S/C16H17N7O4/c1-11-5-3-4-6-12(11)7-22-10-17-16(20-22)18-14(24)9-21-8-13(23(25)26)15(19-21)27-2/h3-6,8,10H,7,9H2,1-2H3,(H,18,20,24). The normalized spacial score (nSPS) is 10.6. The fraction of sp³-hybridized carbons (Fsp3) is 0.250. The molecule has 3 rings (SSSR count). The topological polar surface area (TPSA) is 130 Å². The number of nitrogens with zero attached hydrogens (tertiary/aromatic N) is 6. The summed E-state index contributed by atoms with van der Waals surface area (Å²) in [5.41, 5.74) is 1.91. The lowest BCUT2D eigenvalue weighted by molar-refractivity contribution is -0.385. The van der Waals surface area contributed by atoms with Gasteiger partial charge in [-0.3, -0.25) is 24.9 Å². The molecule has 0 saturated heterocycles. The minimum absolute atomic E-state index is 0.141. The first kappa shape index (κ1) is 18.0. The van der Waals surface area contributed by atoms with E-state index in [2.05, 4.69) is 20.5 Å². The zero-order valence-corrected chi connectivity index (χ0v) is 14.7. The predicted octanol–water partition coefficient (Wildman–Crippen LogP) is 1.39. The summed E-state index contributed by atoms with van der Waals surface area (Å²) in [5.74, 6) is -0.487. The molecule has 0 aliphatic carbocycles. The number of nitrogens with one attached hydrogen (secondary N) is 1. The molecule has 11 nitrogen and oxygen atoms in total. The Kier molecular flexibility index (Phi) is 5.11. The van der Waals surface area contributed by atoms with Crippen LogP contribution in [0.5, 0.6) is 5.88 Å². The van der Waals surface area contributed by atoms with Crippen molar-refractivity contribution >= 4 is 17.5 Å². The van der Waals surface area contributed by atoms with E-state index in [1.54, 1.807) is 4.68 Å². The molecule has 1 amide bonds. The Morgan fingerprint density at radius 3 is 2.74 bits per heavy atom. The molecule has 11 heteroatoms. The number of nitro groups is 1. The lowest BCUT2D eigenvalue weighted by Crippen LogP contribution is -2.20. The third-order valence-corrected chi connectivity index (χ3v) is 3.79. The van der Waals surface area contributed by atoms with E-state index in [0.717, 1.165) is 22.0 Å². The van der Waals surface area contributed by atoms with Crippen molar-refractivity contribution in [3.05, 3.63) is 58.0 Å². The molecule has 0 bridgehead atoms. The number of ether oxygens (including phenoxy) is 1. The Bertz CT molecular complexity index is 979. The van der Waals surface area contributed by atoms with E-state index in [-0.39, 0.29) is 24.1 Å². The van der Waals surface area contributed by atoms with Gasteiger partial charge in [-0.05, 0) is 18.1 Å². The maximum Gasteiger partial charge on any atom is 0.350 e. The number of methoxy groups -OCH3 is 1. The van der Waals surface area contributed by atoms with Gasteiger partial charge in [-0.2, -0.15) is 0 Å². The van der Waals surface area contributed by atoms with Crippen molar-refractivity contribution in [1.29, 1.82) is 0 Å². The number of amides is 1. The molecule has 0 atom stereocenters. The monoisotopic (exact) mass is 371 g/mol. The molecule has 0 radical (unpaired) electrons. The van der Waals surface area contributed by atoms with Crippen molar-refractivity contribution in [1.82, 2.24) is 24.5 Å². The molecule has 0 aliphatic heterocycles. The maximum absolute atomic E-state index is 12.1. The van der Waals surface area contributed by atoms with E-state index in [1.807, 2.05) is 31.2 Å². The summed E-state index contributed by atoms with van der Waals surface area (Å²) in [6, 6.07) is 7.90. The van der Waals surface area contributed by atoms with Crippen LogP contribution in [0.2, 0.25) is 0 Å². The van der Waals surface area contributed by atoms with Gasteiger partial charge in [0.2, 0.25) is 11.9 Å². The van der Waals surface area contributed by atoms with Gasteiger partial charge in [-0.1, -0.05) is 24.3 Å². The van der Waals surface area contributed by atoms with Gasteiger partial charge >= 0.3 is 11.6 Å². The van der Waals surface area contributed by atoms with Gasteiger partial charge < -0.3 is 4.74 Å². The first-order chi connectivity index (χ1) is 13.0. The van der Waals surface area contributed by atoms with Gasteiger partial charge in [0.25, 0.3) is 0 Å². The number of hydrogen-bond acceptors (Lipinski definition) is 7. The summed E-state index contributed by atoms with van der Waals surface area (Å²) in [6.45, 7) is 2.29. The van der Waals surface area contributed by atoms with E-state index in [1.165, 1.54) is 13.4 Å². The average Bonchev–Trinajstić information content (AvgIpc) is 3.23. The third-order valence-electron chi connectivity index (χ3n) is 3.79. The fourth-order valence-corrected chi connectivity index (χ4v) is 2.45. The molecule has 27 heavy (non-hydrogen) atoms. The van der Waals surface area contributed by atoms with Gasteiger partial charge in [0, 0.05) is 0 Å². The van der Waals surface area contributed by atoms with Crippen LogP contribution >= 0.6 is 0 Å². The van der Waals surface area contributed by atoms with Crippen LogP contribution in [0.1, 0.15) is 11.1 Å². The molecule has 140 valence electrons. The van der Waals surface area contributed by atoms with Gasteiger partial charge in [0.1, 0.15) is 19.1 Å². The van der Waals surface area contributed by atoms with Crippen LogP contribution < -0.4 is 10.1 Å². The molecule has 0 unspecified atom stereocenters. The highest BCUT2D eigenvalue weighted by atomic mass is 16.6. The van der Waals surface area contributed by atoms with Crippen molar-refractivity contribution < 1.29 is 14.5 Å². The van der Waals surface area contributed by atoms with Crippen LogP contribution in [0.3, 0.4) is 0 Å². The van der Waals surface area contributed by atoms with Crippen LogP contribution in [0.4, 0.5) is 11.6 Å². The van der Waals surface area contributed by atoms with E-state index in [9.17, 15) is 14.9 Å². The number of hydrogen-bond donors (Lipinski definition) is 1. The lowest BCUT2D eigenvalue weighted by Gasteiger charge is -2.04. The van der Waals surface area contributed by atoms with Crippen LogP contribution in [-0.4, -0.2) is 42.5 Å². The SMILES string of the molecule is COc1nn(CC(=O)Nc2ncn(Cc3ccccc3C)n2)cc1[N+](=O)[O-]. The van der Waals surface area contributed by atoms with E-state index in [4.69, 9.17) is 4.74 Å². The summed E-state index contributed by atoms with van der Waals surface area (Å²) < 4.78 is 7.56. The van der Waals surface area contributed by atoms with Crippen molar-refractivity contribution in [2.45, 2.75) is 20.0 Å². The fourth-order valence-electron chi connectivity index (χ4n) is 2.45. The van der Waals surface area contributed by atoms with Crippen LogP contribution in [-0.2, 0) is 17.9 Å². The van der Waals surface area contributed by atoms with E-state index in [0.29, 0.717) is 6.54 Å². The number of carbonyl (C=O) groups excluding carboxylic acids is 1. The summed E-state index contributed by atoms with van der Waals surface area (Å²) >= 11 is 0. The van der Waals surface area contributed by atoms with Crippen molar-refractivity contribution in [3.63, 3.8) is 0 Å². The zero-order chi connectivity index (χ0) is 19.4. The highest BCUT2D eigenvalue weighted by Gasteiger charge is 2.21. The minimum atomic E-state index is -0.630. The van der Waals surface area contributed by atoms with E-state index >= 15 is 0 Å². The Balaban J connectivity index is 1.63. The number of anilines is 1. The average molecular weight is 371 g/mol. The third kappa shape index (κ3) is 4.26. The molecule has 2 heterocycles. The molecule has 0 fully saturated rings. The number of aromatic nitrogens is 5. The Hall–Kier alpha value is -3.76. The molecular formula is C16H17N7O4. The Labute approximate surface area is 153 Å². The second-order valence-electron chi connectivity index (χ2n) is 5.72. The van der Waals surface area contributed by atoms with Gasteiger partial charge in [-0.15, -0.1) is 10.2 Å². The van der Waals surface area contributed by atoms with Crippen LogP contribution in [0, 0.1) is 17.0 Å². The molecule has 2 aromatic heterocycles. The molecule has 0 spiro atoms. The van der Waals surface area contributed by atoms with Crippen molar-refractivity contribution in [2.75, 3.05) is 12.4 Å². The van der Waals surface area contributed by atoms with E-state index < -0.39 is 10.8 Å². The molecule has 1 N–H and O–H groups in total. The van der Waals surface area contributed by atoms with Gasteiger partial charge in [0.05, 0.1) is 18.6 Å². The second kappa shape index (κ2) is 7.64. The smallest absolute Gasteiger partial charge is 0.350 e. The molecule has 0 aliphatic rings. The van der Waals surface area contributed by atoms with Crippen LogP contribution in [0.25, 0.3) is 0 Å². The first-order valence-electron chi connectivity index (χ1n) is 7.96. The minimum Gasteiger partial charge on any atom is -0.475 e. The maximum atomic E-state index is 12.1. The summed E-state index contributed by atoms with van der Waals surface area (Å²) in [6.07, 6.45) is 2.65. The predicted molar refractivity (Wildman–Crippen MR) is 94.4 cm³/mol. The number of benzene rings is 1. The summed E-state index contributed by atoms with van der Waals surface area (Å²) in [7, 11) is 1.27. The Morgan fingerprint density at radius 2 is 2.07 bits per heavy atom. The summed E-state index contributed by atoms with van der Waals surface area (Å²) in [4.78, 5) is 26.4. The number of aryl methyl sites for hydroxylation is 1. The quantitative estimate of drug-likeness (QED) is 0.490. The molecule has 0 saturated carbocycles. The second-order valence-corrected chi connectivity index (χ2v) is 5.72. The molecule has 3 aromatic rings. The first-order valence-corrected chi connectivity index (χ1v) is 7.96. The Morgan fingerprint density at radius 1 is 1.30 bits per heavy atom. The zero-order valence-electron chi connectivity index (χ0n) is 14.7. The summed E-state index contributed by atoms with van der Waals surface area (Å²) in [5, 5.41) is 21.5. The van der Waals surface area contributed by atoms with Gasteiger partial charge in [0.15, 0.2) is 0 Å². The highest BCUT2D eigenvalue weighted by Crippen LogP contribution is 2.23.